The van der Waals surface area contributed by atoms with E-state index in [0.717, 1.165) is 48.4 Å². The maximum absolute atomic E-state index is 2.69. The van der Waals surface area contributed by atoms with Crippen LogP contribution in [0.2, 0.25) is 0 Å². The predicted molar refractivity (Wildman–Crippen MR) is 417 cm³/mol. The lowest BCUT2D eigenvalue weighted by Crippen LogP contribution is -2.38. The van der Waals surface area contributed by atoms with Crippen LogP contribution in [0.5, 0.6) is 0 Å². The first kappa shape index (κ1) is 59.8. The fourth-order valence-electron chi connectivity index (χ4n) is 19.4. The summed E-state index contributed by atoms with van der Waals surface area (Å²) in [5.74, 6) is -0.0670. The molecule has 0 bridgehead atoms. The molecule has 2 aliphatic heterocycles. The molecule has 0 amide bonds. The van der Waals surface area contributed by atoms with E-state index in [0.29, 0.717) is 0 Å². The molecular formula is C96H83N3. The van der Waals surface area contributed by atoms with Gasteiger partial charge in [0.1, 0.15) is 0 Å². The van der Waals surface area contributed by atoms with Crippen LogP contribution in [0.1, 0.15) is 178 Å². The Kier molecular flexibility index (Phi) is 12.8. The molecule has 7 aliphatic rings. The highest BCUT2D eigenvalue weighted by atomic mass is 15.2. The molecule has 0 saturated carbocycles. The van der Waals surface area contributed by atoms with Crippen molar-refractivity contribution in [2.75, 3.05) is 14.7 Å². The molecule has 0 spiro atoms. The van der Waals surface area contributed by atoms with Crippen molar-refractivity contribution < 1.29 is 0 Å². The summed E-state index contributed by atoms with van der Waals surface area (Å²) in [6.45, 7) is 24.6. The number of rotatable bonds is 9. The molecule has 5 aliphatic carbocycles. The van der Waals surface area contributed by atoms with Crippen LogP contribution in [-0.4, -0.2) is 0 Å². The molecule has 0 fully saturated rings. The monoisotopic (exact) mass is 1280 g/mol. The van der Waals surface area contributed by atoms with Gasteiger partial charge in [-0.25, -0.2) is 0 Å². The molecule has 0 radical (unpaired) electrons. The molecule has 3 heteroatoms. The molecule has 99 heavy (non-hydrogen) atoms. The predicted octanol–water partition coefficient (Wildman–Crippen LogP) is 25.7. The highest BCUT2D eigenvalue weighted by Gasteiger charge is 2.48. The number of aryl methyl sites for hydroxylation is 1. The van der Waals surface area contributed by atoms with Crippen molar-refractivity contribution in [2.24, 2.45) is 0 Å². The summed E-state index contributed by atoms with van der Waals surface area (Å²) in [5.41, 5.74) is 37.8. The number of fused-ring (bicyclic) bond motifs is 14. The maximum Gasteiger partial charge on any atom is 0.0543 e. The van der Waals surface area contributed by atoms with Crippen LogP contribution in [0.4, 0.5) is 51.2 Å². The van der Waals surface area contributed by atoms with Gasteiger partial charge in [-0.05, 0) is 215 Å². The van der Waals surface area contributed by atoms with Crippen molar-refractivity contribution in [2.45, 2.75) is 128 Å². The Bertz CT molecular complexity index is 5560. The van der Waals surface area contributed by atoms with Crippen LogP contribution >= 0.6 is 0 Å². The zero-order valence-corrected chi connectivity index (χ0v) is 58.7. The minimum Gasteiger partial charge on any atom is -0.310 e. The smallest absolute Gasteiger partial charge is 0.0543 e. The number of hydrogen-bond acceptors (Lipinski definition) is 3. The summed E-state index contributed by atoms with van der Waals surface area (Å²) in [7, 11) is 0. The third-order valence-electron chi connectivity index (χ3n) is 24.6. The number of anilines is 9. The van der Waals surface area contributed by atoms with Gasteiger partial charge in [0.05, 0.1) is 28.4 Å². The molecule has 0 saturated heterocycles. The molecule has 19 rings (SSSR count). The first-order chi connectivity index (χ1) is 47.9. The molecule has 0 aromatic heterocycles. The molecule has 12 aromatic rings. The van der Waals surface area contributed by atoms with Gasteiger partial charge in [0.2, 0.25) is 0 Å². The van der Waals surface area contributed by atoms with Gasteiger partial charge in [0, 0.05) is 66.7 Å². The van der Waals surface area contributed by atoms with Gasteiger partial charge in [0.25, 0.3) is 0 Å². The standard InChI is InChI=1S/C96H83N3/c1-92(2)76-37-21-18-34-70(76)73-47-42-62(52-79(73)92)90(61-28-12-11-13-29-61)63-53-84-91-85(54-63)96(9,10)83-58-67(98(87-41-25-31-60-27-15-17-33-69(60)87)65-44-49-75-72-36-20-23-39-78(72)94(5,6)81(75)56-65)46-51-89(83)99(91)88-50-45-66(57-82(88)95(84,7)8)97(86-40-24-30-59-26-14-16-32-68(59)86)64-43-48-74-71-35-19-22-38-77(71)93(3,4)80(74)55-64/h11-14,16-19,21-26,28-35,37-58,90H,15,20,27,36H2,1-10H3. The minimum atomic E-state index is -0.480. The summed E-state index contributed by atoms with van der Waals surface area (Å²) in [6, 6.07) is 94.5. The zero-order valence-electron chi connectivity index (χ0n) is 58.7. The Morgan fingerprint density at radius 2 is 0.808 bits per heavy atom. The van der Waals surface area contributed by atoms with Crippen molar-refractivity contribution >= 4 is 73.6 Å². The average molecular weight is 1280 g/mol. The van der Waals surface area contributed by atoms with Crippen LogP contribution in [0.3, 0.4) is 0 Å². The third-order valence-corrected chi connectivity index (χ3v) is 24.6. The van der Waals surface area contributed by atoms with Gasteiger partial charge in [0.15, 0.2) is 0 Å². The summed E-state index contributed by atoms with van der Waals surface area (Å²) in [6.07, 6.45) is 13.8. The van der Waals surface area contributed by atoms with Gasteiger partial charge >= 0.3 is 0 Å². The first-order valence-corrected chi connectivity index (χ1v) is 36.1. The maximum atomic E-state index is 2.69. The van der Waals surface area contributed by atoms with E-state index in [1.54, 1.807) is 0 Å². The van der Waals surface area contributed by atoms with Crippen LogP contribution < -0.4 is 14.7 Å². The fourth-order valence-corrected chi connectivity index (χ4v) is 19.4. The summed E-state index contributed by atoms with van der Waals surface area (Å²) >= 11 is 0. The van der Waals surface area contributed by atoms with E-state index in [2.05, 4.69) is 351 Å². The lowest BCUT2D eigenvalue weighted by Gasteiger charge is -2.50. The lowest BCUT2D eigenvalue weighted by atomic mass is 9.65. The SMILES string of the molecule is CC1(C)C2=C(CCC=C2)c2ccc(N(c3ccc4c(c3)C(C)(C)c3cc(C(c5ccccc5)c5ccc6c(c5)C(C)(C)c5ccccc5-6)cc5c3N4c3ccc(N(c4ccc6c(c4)C(C)(C)c4ccccc4-6)c4cccc6ccccc46)cc3C5(C)C)c3cccc4c3C=CCC4)cc21. The second-order valence-electron chi connectivity index (χ2n) is 31.8. The van der Waals surface area contributed by atoms with Gasteiger partial charge < -0.3 is 14.7 Å². The molecule has 12 aromatic carbocycles. The summed E-state index contributed by atoms with van der Waals surface area (Å²) < 4.78 is 0. The Morgan fingerprint density at radius 1 is 0.333 bits per heavy atom. The van der Waals surface area contributed by atoms with E-state index < -0.39 is 10.8 Å². The molecule has 2 heterocycles. The van der Waals surface area contributed by atoms with Crippen molar-refractivity contribution in [3.63, 3.8) is 0 Å². The van der Waals surface area contributed by atoms with E-state index in [9.17, 15) is 0 Å². The summed E-state index contributed by atoms with van der Waals surface area (Å²) in [4.78, 5) is 7.85. The van der Waals surface area contributed by atoms with Gasteiger partial charge in [-0.2, -0.15) is 0 Å². The number of benzene rings is 12. The Hall–Kier alpha value is -10.5. The molecule has 1 atom stereocenters. The van der Waals surface area contributed by atoms with Crippen molar-refractivity contribution in [3.05, 3.63) is 350 Å². The van der Waals surface area contributed by atoms with E-state index in [-0.39, 0.29) is 22.2 Å². The van der Waals surface area contributed by atoms with E-state index in [1.807, 2.05) is 0 Å². The topological polar surface area (TPSA) is 9.72 Å². The molecular weight excluding hydrogens is 1200 g/mol. The van der Waals surface area contributed by atoms with Crippen molar-refractivity contribution in [3.8, 4) is 22.3 Å². The quantitative estimate of drug-likeness (QED) is 0.133. The van der Waals surface area contributed by atoms with Crippen LogP contribution in [0.25, 0.3) is 44.7 Å². The second-order valence-corrected chi connectivity index (χ2v) is 31.8. The highest BCUT2D eigenvalue weighted by Crippen LogP contribution is 2.64. The van der Waals surface area contributed by atoms with E-state index >= 15 is 0 Å². The van der Waals surface area contributed by atoms with E-state index in [4.69, 9.17) is 0 Å². The minimum absolute atomic E-state index is 0.0670. The number of nitrogens with zero attached hydrogens (tertiary/aromatic N) is 3. The molecule has 0 N–H and O–H groups in total. The summed E-state index contributed by atoms with van der Waals surface area (Å²) in [5, 5.41) is 2.43. The second kappa shape index (κ2) is 21.3. The fraction of sp³-hybridized carbons (Fsp3) is 0.208. The first-order valence-electron chi connectivity index (χ1n) is 36.1. The Balaban J connectivity index is 0.849. The molecule has 482 valence electrons. The van der Waals surface area contributed by atoms with Crippen molar-refractivity contribution in [1.29, 1.82) is 0 Å². The van der Waals surface area contributed by atoms with Crippen LogP contribution in [0.15, 0.2) is 266 Å². The van der Waals surface area contributed by atoms with Crippen LogP contribution in [-0.2, 0) is 33.5 Å². The molecule has 3 nitrogen and oxygen atoms in total. The largest absolute Gasteiger partial charge is 0.310 e. The van der Waals surface area contributed by atoms with Gasteiger partial charge in [-0.15, -0.1) is 0 Å². The van der Waals surface area contributed by atoms with Crippen molar-refractivity contribution in [1.82, 2.24) is 0 Å². The van der Waals surface area contributed by atoms with Crippen LogP contribution in [0, 0.1) is 0 Å². The Morgan fingerprint density at radius 3 is 1.47 bits per heavy atom. The molecule has 1 unspecified atom stereocenters. The average Bonchev–Trinajstić information content (AvgIpc) is 1.66. The number of hydrogen-bond donors (Lipinski definition) is 0. The van der Waals surface area contributed by atoms with Gasteiger partial charge in [-0.1, -0.05) is 263 Å². The Labute approximate surface area is 584 Å². The zero-order chi connectivity index (χ0) is 67.2. The highest BCUT2D eigenvalue weighted by molar-refractivity contribution is 6.02. The normalized spacial score (nSPS) is 17.5. The number of allylic oxidation sites excluding steroid dienone is 5. The lowest BCUT2D eigenvalue weighted by molar-refractivity contribution is 0.595. The van der Waals surface area contributed by atoms with Gasteiger partial charge in [-0.3, -0.25) is 0 Å². The van der Waals surface area contributed by atoms with E-state index in [1.165, 1.54) is 156 Å². The third kappa shape index (κ3) is 8.56.